The van der Waals surface area contributed by atoms with Crippen molar-refractivity contribution < 1.29 is 14.3 Å². The third-order valence-electron chi connectivity index (χ3n) is 3.83. The first-order valence-electron chi connectivity index (χ1n) is 7.74. The number of nitrogens with zero attached hydrogens (tertiary/aromatic N) is 3. The Labute approximate surface area is 148 Å². The van der Waals surface area contributed by atoms with Crippen molar-refractivity contribution in [2.75, 3.05) is 20.2 Å². The number of hydrogen-bond acceptors (Lipinski definition) is 5. The van der Waals surface area contributed by atoms with Crippen LogP contribution in [-0.4, -0.2) is 47.1 Å². The molecule has 0 radical (unpaired) electrons. The van der Waals surface area contributed by atoms with E-state index in [2.05, 4.69) is 25.9 Å². The molecule has 7 heteroatoms. The van der Waals surface area contributed by atoms with Gasteiger partial charge in [-0.1, -0.05) is 15.9 Å². The van der Waals surface area contributed by atoms with E-state index < -0.39 is 0 Å². The number of benzene rings is 1. The molecule has 1 atom stereocenters. The number of halogens is 1. The SMILES string of the molecule is COc1nccc(OC2CCCN(C(=O)c3ccc(Br)cc3)C2)n1. The highest BCUT2D eigenvalue weighted by atomic mass is 79.9. The summed E-state index contributed by atoms with van der Waals surface area (Å²) in [5.74, 6) is 0.487. The number of aromatic nitrogens is 2. The fourth-order valence-electron chi connectivity index (χ4n) is 2.65. The van der Waals surface area contributed by atoms with Crippen LogP contribution in [0.4, 0.5) is 0 Å². The smallest absolute Gasteiger partial charge is 0.319 e. The first-order chi connectivity index (χ1) is 11.7. The zero-order valence-corrected chi connectivity index (χ0v) is 14.9. The topological polar surface area (TPSA) is 64.6 Å². The Kier molecular flexibility index (Phi) is 5.30. The van der Waals surface area contributed by atoms with Crippen molar-refractivity contribution in [3.05, 3.63) is 46.6 Å². The lowest BCUT2D eigenvalue weighted by molar-refractivity contribution is 0.0525. The van der Waals surface area contributed by atoms with Crippen molar-refractivity contribution in [2.24, 2.45) is 0 Å². The molecule has 0 spiro atoms. The van der Waals surface area contributed by atoms with E-state index in [4.69, 9.17) is 9.47 Å². The van der Waals surface area contributed by atoms with E-state index in [0.29, 0.717) is 18.0 Å². The standard InChI is InChI=1S/C17H18BrN3O3/c1-23-17-19-9-8-15(20-17)24-14-3-2-10-21(11-14)16(22)12-4-6-13(18)7-5-12/h4-9,14H,2-3,10-11H2,1H3. The zero-order valence-electron chi connectivity index (χ0n) is 13.3. The molecule has 1 aliphatic rings. The number of ether oxygens (including phenoxy) is 2. The minimum absolute atomic E-state index is 0.0241. The number of piperidine rings is 1. The second-order valence-corrected chi connectivity index (χ2v) is 6.44. The lowest BCUT2D eigenvalue weighted by atomic mass is 10.1. The second-order valence-electron chi connectivity index (χ2n) is 5.52. The van der Waals surface area contributed by atoms with Crippen LogP contribution in [0.3, 0.4) is 0 Å². The summed E-state index contributed by atoms with van der Waals surface area (Å²) in [4.78, 5) is 22.6. The van der Waals surface area contributed by atoms with Gasteiger partial charge in [-0.25, -0.2) is 4.98 Å². The van der Waals surface area contributed by atoms with E-state index in [1.807, 2.05) is 29.2 Å². The molecule has 0 N–H and O–H groups in total. The monoisotopic (exact) mass is 391 g/mol. The van der Waals surface area contributed by atoms with E-state index in [-0.39, 0.29) is 18.0 Å². The normalized spacial score (nSPS) is 17.4. The van der Waals surface area contributed by atoms with E-state index in [1.165, 1.54) is 7.11 Å². The summed E-state index contributed by atoms with van der Waals surface area (Å²) in [6.07, 6.45) is 3.29. The maximum absolute atomic E-state index is 12.6. The first kappa shape index (κ1) is 16.7. The van der Waals surface area contributed by atoms with Crippen molar-refractivity contribution in [3.63, 3.8) is 0 Å². The van der Waals surface area contributed by atoms with Crippen LogP contribution >= 0.6 is 15.9 Å². The highest BCUT2D eigenvalue weighted by molar-refractivity contribution is 9.10. The molecule has 3 rings (SSSR count). The van der Waals surface area contributed by atoms with Crippen LogP contribution in [0.25, 0.3) is 0 Å². The molecule has 1 fully saturated rings. The van der Waals surface area contributed by atoms with E-state index in [1.54, 1.807) is 12.3 Å². The largest absolute Gasteiger partial charge is 0.472 e. The second kappa shape index (κ2) is 7.61. The Hall–Kier alpha value is -2.15. The van der Waals surface area contributed by atoms with Gasteiger partial charge in [-0.05, 0) is 37.1 Å². The molecule has 6 nitrogen and oxygen atoms in total. The summed E-state index contributed by atoms with van der Waals surface area (Å²) in [7, 11) is 1.51. The predicted molar refractivity (Wildman–Crippen MR) is 92.3 cm³/mol. The van der Waals surface area contributed by atoms with Crippen LogP contribution in [0.5, 0.6) is 11.9 Å². The van der Waals surface area contributed by atoms with Crippen molar-refractivity contribution in [1.29, 1.82) is 0 Å². The van der Waals surface area contributed by atoms with E-state index in [9.17, 15) is 4.79 Å². The number of carbonyl (C=O) groups is 1. The fraction of sp³-hybridized carbons (Fsp3) is 0.353. The lowest BCUT2D eigenvalue weighted by Crippen LogP contribution is -2.44. The molecule has 1 saturated heterocycles. The van der Waals surface area contributed by atoms with Crippen LogP contribution in [0, 0.1) is 0 Å². The number of amides is 1. The summed E-state index contributed by atoms with van der Waals surface area (Å²) < 4.78 is 11.9. The fourth-order valence-corrected chi connectivity index (χ4v) is 2.92. The quantitative estimate of drug-likeness (QED) is 0.801. The maximum Gasteiger partial charge on any atom is 0.319 e. The molecule has 24 heavy (non-hydrogen) atoms. The Morgan fingerprint density at radius 3 is 2.83 bits per heavy atom. The van der Waals surface area contributed by atoms with Crippen LogP contribution in [-0.2, 0) is 0 Å². The van der Waals surface area contributed by atoms with Gasteiger partial charge in [0.05, 0.1) is 13.7 Å². The maximum atomic E-state index is 12.6. The molecule has 126 valence electrons. The van der Waals surface area contributed by atoms with Gasteiger partial charge in [0.25, 0.3) is 5.91 Å². The Balaban J connectivity index is 1.65. The number of rotatable bonds is 4. The van der Waals surface area contributed by atoms with Crippen LogP contribution in [0.2, 0.25) is 0 Å². The predicted octanol–water partition coefficient (Wildman–Crippen LogP) is 2.93. The highest BCUT2D eigenvalue weighted by Gasteiger charge is 2.26. The molecule has 1 aromatic heterocycles. The van der Waals surface area contributed by atoms with Gasteiger partial charge >= 0.3 is 6.01 Å². The molecule has 1 aromatic carbocycles. The first-order valence-corrected chi connectivity index (χ1v) is 8.53. The van der Waals surface area contributed by atoms with Gasteiger partial charge in [0.2, 0.25) is 5.88 Å². The summed E-state index contributed by atoms with van der Waals surface area (Å²) in [5.41, 5.74) is 0.683. The number of methoxy groups -OCH3 is 1. The minimum atomic E-state index is -0.0854. The Morgan fingerprint density at radius 2 is 2.08 bits per heavy atom. The molecule has 1 unspecified atom stereocenters. The average Bonchev–Trinajstić information content (AvgIpc) is 2.62. The van der Waals surface area contributed by atoms with Gasteiger partial charge in [-0.3, -0.25) is 4.79 Å². The molecular formula is C17H18BrN3O3. The van der Waals surface area contributed by atoms with Gasteiger partial charge in [0, 0.05) is 28.8 Å². The van der Waals surface area contributed by atoms with Crippen molar-refractivity contribution in [2.45, 2.75) is 18.9 Å². The van der Waals surface area contributed by atoms with Gasteiger partial charge < -0.3 is 14.4 Å². The van der Waals surface area contributed by atoms with Crippen molar-refractivity contribution in [1.82, 2.24) is 14.9 Å². The highest BCUT2D eigenvalue weighted by Crippen LogP contribution is 2.20. The van der Waals surface area contributed by atoms with Crippen molar-refractivity contribution >= 4 is 21.8 Å². The minimum Gasteiger partial charge on any atom is -0.472 e. The summed E-state index contributed by atoms with van der Waals surface area (Å²) in [5, 5.41) is 0. The molecule has 0 bridgehead atoms. The van der Waals surface area contributed by atoms with Crippen LogP contribution < -0.4 is 9.47 Å². The van der Waals surface area contributed by atoms with E-state index >= 15 is 0 Å². The Bertz CT molecular complexity index is 708. The Morgan fingerprint density at radius 1 is 1.29 bits per heavy atom. The molecule has 1 aliphatic heterocycles. The summed E-state index contributed by atoms with van der Waals surface area (Å²) >= 11 is 3.38. The van der Waals surface area contributed by atoms with Gasteiger partial charge in [-0.2, -0.15) is 4.98 Å². The number of carbonyl (C=O) groups excluding carboxylic acids is 1. The molecule has 0 saturated carbocycles. The lowest BCUT2D eigenvalue weighted by Gasteiger charge is -2.32. The zero-order chi connectivity index (χ0) is 16.9. The van der Waals surface area contributed by atoms with Gasteiger partial charge in [-0.15, -0.1) is 0 Å². The molecule has 1 amide bonds. The third kappa shape index (κ3) is 4.03. The van der Waals surface area contributed by atoms with Crippen LogP contribution in [0.1, 0.15) is 23.2 Å². The van der Waals surface area contributed by atoms with E-state index in [0.717, 1.165) is 23.9 Å². The molecular weight excluding hydrogens is 374 g/mol. The molecule has 2 heterocycles. The summed E-state index contributed by atoms with van der Waals surface area (Å²) in [6, 6.07) is 9.36. The summed E-state index contributed by atoms with van der Waals surface area (Å²) in [6.45, 7) is 1.28. The van der Waals surface area contributed by atoms with Crippen LogP contribution in [0.15, 0.2) is 41.0 Å². The molecule has 0 aliphatic carbocycles. The van der Waals surface area contributed by atoms with Gasteiger partial charge in [0.1, 0.15) is 6.10 Å². The number of likely N-dealkylation sites (tertiary alicyclic amines) is 1. The average molecular weight is 392 g/mol. The van der Waals surface area contributed by atoms with Crippen molar-refractivity contribution in [3.8, 4) is 11.9 Å². The third-order valence-corrected chi connectivity index (χ3v) is 4.36. The van der Waals surface area contributed by atoms with Gasteiger partial charge in [0.15, 0.2) is 0 Å². The number of hydrogen-bond donors (Lipinski definition) is 0. The molecule has 2 aromatic rings.